The van der Waals surface area contributed by atoms with E-state index in [4.69, 9.17) is 0 Å². The first-order chi connectivity index (χ1) is 13.3. The van der Waals surface area contributed by atoms with Crippen molar-refractivity contribution < 1.29 is 18.5 Å². The second-order valence-electron chi connectivity index (χ2n) is 7.62. The molecule has 2 aliphatic carbocycles. The van der Waals surface area contributed by atoms with Gasteiger partial charge in [0.1, 0.15) is 16.4 Å². The minimum absolute atomic E-state index is 0.109. The molecule has 0 radical (unpaired) electrons. The summed E-state index contributed by atoms with van der Waals surface area (Å²) in [6.45, 7) is 3.16. The second-order valence-corrected chi connectivity index (χ2v) is 10.0. The third-order valence-corrected chi connectivity index (χ3v) is 7.71. The quantitative estimate of drug-likeness (QED) is 0.724. The van der Waals surface area contributed by atoms with Crippen LogP contribution in [0.3, 0.4) is 0 Å². The average molecular weight is 423 g/mol. The minimum atomic E-state index is -1.92. The number of nitrogens with one attached hydrogen (secondary N) is 1. The van der Waals surface area contributed by atoms with Crippen molar-refractivity contribution in [2.75, 3.05) is 5.32 Å². The molecule has 0 unspecified atom stereocenters. The number of thiazole rings is 1. The summed E-state index contributed by atoms with van der Waals surface area (Å²) in [6.07, 6.45) is 5.90. The number of urea groups is 1. The molecule has 0 bridgehead atoms. The van der Waals surface area contributed by atoms with E-state index < -0.39 is 22.2 Å². The van der Waals surface area contributed by atoms with E-state index in [9.17, 15) is 18.5 Å². The van der Waals surface area contributed by atoms with Gasteiger partial charge < -0.3 is 19.0 Å². The first kappa shape index (κ1) is 19.5. The van der Waals surface area contributed by atoms with Crippen molar-refractivity contribution in [3.05, 3.63) is 39.3 Å². The topological polar surface area (TPSA) is 91.7 Å². The Balaban J connectivity index is 1.62. The number of carbonyl (C=O) groups is 1. The highest BCUT2D eigenvalue weighted by atomic mass is 32.2. The Hall–Kier alpha value is -1.84. The summed E-state index contributed by atoms with van der Waals surface area (Å²) >= 11 is 1.05. The smallest absolute Gasteiger partial charge is 0.322 e. The average Bonchev–Trinajstić information content (AvgIpc) is 3.38. The van der Waals surface area contributed by atoms with Crippen molar-refractivity contribution in [1.82, 2.24) is 4.98 Å². The molecule has 1 heterocycles. The van der Waals surface area contributed by atoms with Gasteiger partial charge in [0.05, 0.1) is 0 Å². The predicted molar refractivity (Wildman–Crippen MR) is 106 cm³/mol. The molecule has 150 valence electrons. The maximum atomic E-state index is 14.7. The number of benzene rings is 1. The lowest BCUT2D eigenvalue weighted by Gasteiger charge is -2.16. The van der Waals surface area contributed by atoms with Gasteiger partial charge in [-0.05, 0) is 78.8 Å². The molecule has 0 aliphatic heterocycles. The van der Waals surface area contributed by atoms with Crippen LogP contribution in [0.2, 0.25) is 0 Å². The number of nitrogens with zero attached hydrogens (tertiary/aromatic N) is 2. The van der Waals surface area contributed by atoms with Crippen LogP contribution in [-0.2, 0) is 46.1 Å². The highest BCUT2D eigenvalue weighted by Crippen LogP contribution is 2.41. The maximum absolute atomic E-state index is 14.7. The Kier molecular flexibility index (Phi) is 5.01. The third-order valence-electron chi connectivity index (χ3n) is 5.15. The zero-order valence-corrected chi connectivity index (χ0v) is 17.3. The number of anilines is 1. The number of rotatable bonds is 3. The molecule has 2 N–H and O–H groups in total. The van der Waals surface area contributed by atoms with Crippen molar-refractivity contribution in [2.45, 2.75) is 62.2 Å². The summed E-state index contributed by atoms with van der Waals surface area (Å²) in [6, 6.07) is -0.716. The van der Waals surface area contributed by atoms with E-state index in [1.807, 2.05) is 0 Å². The number of carbonyl (C=O) groups excluding carboxylic acids is 1. The van der Waals surface area contributed by atoms with Crippen LogP contribution in [0.25, 0.3) is 0 Å². The van der Waals surface area contributed by atoms with Crippen molar-refractivity contribution in [1.29, 1.82) is 0 Å². The SMILES string of the molecule is CC(C)(O)c1ncc([S-](=O)=NC(=O)Nc2c3c(c(F)c4c2CCC4)CCC3)s1. The molecule has 1 aromatic carbocycles. The van der Waals surface area contributed by atoms with Gasteiger partial charge in [0.2, 0.25) is 0 Å². The third kappa shape index (κ3) is 3.46. The first-order valence-electron chi connectivity index (χ1n) is 9.24. The van der Waals surface area contributed by atoms with E-state index in [2.05, 4.69) is 14.7 Å². The van der Waals surface area contributed by atoms with E-state index in [-0.39, 0.29) is 5.82 Å². The normalized spacial score (nSPS) is 16.9. The van der Waals surface area contributed by atoms with Gasteiger partial charge in [0.15, 0.2) is 0 Å². The number of hydrogen-bond acceptors (Lipinski definition) is 6. The highest BCUT2D eigenvalue weighted by molar-refractivity contribution is 7.78. The highest BCUT2D eigenvalue weighted by Gasteiger charge is 2.29. The molecule has 0 saturated heterocycles. The lowest BCUT2D eigenvalue weighted by atomic mass is 9.98. The number of aliphatic hydroxyl groups is 1. The molecule has 0 spiro atoms. The fourth-order valence-electron chi connectivity index (χ4n) is 3.91. The van der Waals surface area contributed by atoms with Crippen LogP contribution in [0, 0.1) is 5.82 Å². The van der Waals surface area contributed by atoms with Crippen LogP contribution in [0.1, 0.15) is 54.0 Å². The second kappa shape index (κ2) is 7.20. The molecule has 2 aliphatic rings. The molecule has 0 saturated carbocycles. The number of hydrogen-bond donors (Lipinski definition) is 2. The van der Waals surface area contributed by atoms with E-state index in [1.54, 1.807) is 13.8 Å². The monoisotopic (exact) mass is 422 g/mol. The zero-order chi connectivity index (χ0) is 20.1. The molecule has 2 aromatic rings. The lowest BCUT2D eigenvalue weighted by Crippen LogP contribution is -2.14. The fraction of sp³-hybridized carbons (Fsp3) is 0.474. The Morgan fingerprint density at radius 3 is 2.32 bits per heavy atom. The molecule has 9 heteroatoms. The van der Waals surface area contributed by atoms with Gasteiger partial charge in [-0.3, -0.25) is 0 Å². The summed E-state index contributed by atoms with van der Waals surface area (Å²) in [4.78, 5) is 16.5. The summed E-state index contributed by atoms with van der Waals surface area (Å²) in [7, 11) is -1.92. The van der Waals surface area contributed by atoms with Gasteiger partial charge in [-0.25, -0.2) is 14.2 Å². The Labute approximate surface area is 168 Å². The molecule has 2 amide bonds. The molecule has 28 heavy (non-hydrogen) atoms. The number of fused-ring (bicyclic) bond motifs is 2. The van der Waals surface area contributed by atoms with E-state index in [0.29, 0.717) is 38.9 Å². The molecular formula is C19H21FN3O3S2-. The maximum Gasteiger partial charge on any atom is 0.322 e. The predicted octanol–water partition coefficient (Wildman–Crippen LogP) is 4.23. The van der Waals surface area contributed by atoms with Crippen LogP contribution >= 0.6 is 11.3 Å². The van der Waals surface area contributed by atoms with Crippen LogP contribution in [0.15, 0.2) is 14.8 Å². The van der Waals surface area contributed by atoms with Gasteiger partial charge in [0, 0.05) is 11.9 Å². The molecular weight excluding hydrogens is 401 g/mol. The Morgan fingerprint density at radius 1 is 1.21 bits per heavy atom. The minimum Gasteiger partial charge on any atom is -0.439 e. The Bertz CT molecular complexity index is 1010. The summed E-state index contributed by atoms with van der Waals surface area (Å²) in [5.41, 5.74) is 2.63. The van der Waals surface area contributed by atoms with Crippen molar-refractivity contribution >= 4 is 33.7 Å². The van der Waals surface area contributed by atoms with Crippen molar-refractivity contribution in [3.8, 4) is 0 Å². The molecule has 6 nitrogen and oxygen atoms in total. The van der Waals surface area contributed by atoms with E-state index in [1.165, 1.54) is 6.20 Å². The van der Waals surface area contributed by atoms with Gasteiger partial charge in [-0.1, -0.05) is 0 Å². The Morgan fingerprint density at radius 2 is 1.79 bits per heavy atom. The first-order valence-corrected chi connectivity index (χ1v) is 11.2. The van der Waals surface area contributed by atoms with Crippen LogP contribution < -0.4 is 5.32 Å². The van der Waals surface area contributed by atoms with Crippen LogP contribution in [0.5, 0.6) is 0 Å². The fourth-order valence-corrected chi connectivity index (χ4v) is 5.63. The van der Waals surface area contributed by atoms with Gasteiger partial charge in [-0.15, -0.1) is 21.9 Å². The summed E-state index contributed by atoms with van der Waals surface area (Å²) < 4.78 is 31.2. The van der Waals surface area contributed by atoms with Gasteiger partial charge in [0.25, 0.3) is 0 Å². The largest absolute Gasteiger partial charge is 0.439 e. The van der Waals surface area contributed by atoms with Crippen LogP contribution in [-0.4, -0.2) is 16.1 Å². The summed E-state index contributed by atoms with van der Waals surface area (Å²) in [5.74, 6) is -0.109. The molecule has 0 fully saturated rings. The number of amides is 2. The van der Waals surface area contributed by atoms with Crippen molar-refractivity contribution in [3.63, 3.8) is 0 Å². The lowest BCUT2D eigenvalue weighted by molar-refractivity contribution is 0.0783. The molecule has 4 rings (SSSR count). The van der Waals surface area contributed by atoms with E-state index in [0.717, 1.165) is 48.1 Å². The molecule has 1 aromatic heterocycles. The number of halogens is 1. The van der Waals surface area contributed by atoms with E-state index >= 15 is 0 Å². The van der Waals surface area contributed by atoms with Crippen molar-refractivity contribution in [2.24, 2.45) is 4.36 Å². The summed E-state index contributed by atoms with van der Waals surface area (Å²) in [5, 5.41) is 13.2. The van der Waals surface area contributed by atoms with Gasteiger partial charge >= 0.3 is 6.03 Å². The molecule has 0 atom stereocenters. The van der Waals surface area contributed by atoms with Gasteiger partial charge in [-0.2, -0.15) is 0 Å². The number of aromatic nitrogens is 1. The zero-order valence-electron chi connectivity index (χ0n) is 15.7. The standard InChI is InChI=1S/C19H21FN3O3S2/c1-19(2,25)17-21-9-14(27-17)28(26)23-18(24)22-16-12-7-3-5-10(12)15(20)11-6-4-8-13(11)16/h9,25H,3-8H2,1-2H3,(H,22,24)/q-1. The van der Waals surface area contributed by atoms with Crippen LogP contribution in [0.4, 0.5) is 14.9 Å².